The largest absolute Gasteiger partial charge is 0.480 e. The number of Topliss-reactive ketones (excluding diaryl/α,β-unsaturated/α-hetero) is 1. The first-order valence-corrected chi connectivity index (χ1v) is 3.97. The fourth-order valence-electron chi connectivity index (χ4n) is 1.47. The predicted octanol–water partition coefficient (Wildman–Crippen LogP) is 0.285. The van der Waals surface area contributed by atoms with Gasteiger partial charge in [-0.15, -0.1) is 0 Å². The Bertz CT molecular complexity index is 242. The predicted molar refractivity (Wildman–Crippen MR) is 41.2 cm³/mol. The van der Waals surface area contributed by atoms with Crippen LogP contribution in [-0.2, 0) is 14.4 Å². The van der Waals surface area contributed by atoms with Gasteiger partial charge < -0.3 is 10.2 Å². The van der Waals surface area contributed by atoms with Gasteiger partial charge in [-0.3, -0.25) is 14.4 Å². The lowest BCUT2D eigenvalue weighted by Gasteiger charge is -2.27. The van der Waals surface area contributed by atoms with E-state index < -0.39 is 17.4 Å². The van der Waals surface area contributed by atoms with Crippen LogP contribution in [0.2, 0.25) is 0 Å². The Kier molecular flexibility index (Phi) is 2.36. The minimum absolute atomic E-state index is 0.0542. The summed E-state index contributed by atoms with van der Waals surface area (Å²) >= 11 is 0. The van der Waals surface area contributed by atoms with Gasteiger partial charge in [0.25, 0.3) is 0 Å². The first-order chi connectivity index (χ1) is 5.99. The van der Waals surface area contributed by atoms with Crippen LogP contribution in [0, 0.1) is 5.41 Å². The van der Waals surface area contributed by atoms with Gasteiger partial charge in [-0.2, -0.15) is 0 Å². The summed E-state index contributed by atoms with van der Waals surface area (Å²) in [6, 6.07) is 0. The van der Waals surface area contributed by atoms with Crippen LogP contribution >= 0.6 is 0 Å². The molecule has 5 nitrogen and oxygen atoms in total. The van der Waals surface area contributed by atoms with Crippen molar-refractivity contribution < 1.29 is 24.6 Å². The highest BCUT2D eigenvalue weighted by Crippen LogP contribution is 2.35. The molecule has 13 heavy (non-hydrogen) atoms. The SMILES string of the molecule is O=C1CCC(C(=O)O)(C(=O)O)CC1. The van der Waals surface area contributed by atoms with Crippen LogP contribution in [0.4, 0.5) is 0 Å². The maximum absolute atomic E-state index is 10.8. The quantitative estimate of drug-likeness (QED) is 0.604. The summed E-state index contributed by atoms with van der Waals surface area (Å²) in [5.41, 5.74) is -1.73. The molecular formula is C8H10O5. The molecule has 0 unspecified atom stereocenters. The second kappa shape index (κ2) is 3.16. The van der Waals surface area contributed by atoms with Gasteiger partial charge in [-0.05, 0) is 12.8 Å². The van der Waals surface area contributed by atoms with Crippen molar-refractivity contribution in [3.05, 3.63) is 0 Å². The number of ketones is 1. The molecule has 1 saturated carbocycles. The Balaban J connectivity index is 2.87. The van der Waals surface area contributed by atoms with Crippen LogP contribution in [0.5, 0.6) is 0 Å². The molecule has 0 amide bonds. The molecule has 0 saturated heterocycles. The normalized spacial score (nSPS) is 21.1. The van der Waals surface area contributed by atoms with Crippen molar-refractivity contribution in [2.45, 2.75) is 25.7 Å². The van der Waals surface area contributed by atoms with E-state index in [4.69, 9.17) is 10.2 Å². The molecule has 1 rings (SSSR count). The zero-order valence-electron chi connectivity index (χ0n) is 6.95. The van der Waals surface area contributed by atoms with Crippen molar-refractivity contribution in [2.75, 3.05) is 0 Å². The lowest BCUT2D eigenvalue weighted by atomic mass is 9.74. The highest BCUT2D eigenvalue weighted by atomic mass is 16.4. The Hall–Kier alpha value is -1.39. The third-order valence-electron chi connectivity index (χ3n) is 2.48. The third kappa shape index (κ3) is 1.54. The van der Waals surface area contributed by atoms with Crippen LogP contribution in [0.15, 0.2) is 0 Å². The van der Waals surface area contributed by atoms with Crippen molar-refractivity contribution in [1.82, 2.24) is 0 Å². The van der Waals surface area contributed by atoms with Crippen molar-refractivity contribution in [2.24, 2.45) is 5.41 Å². The number of carbonyl (C=O) groups is 3. The van der Waals surface area contributed by atoms with Crippen LogP contribution in [0.3, 0.4) is 0 Å². The van der Waals surface area contributed by atoms with Gasteiger partial charge in [0.2, 0.25) is 0 Å². The Labute approximate surface area is 74.4 Å². The molecule has 0 aromatic rings. The van der Waals surface area contributed by atoms with Crippen LogP contribution < -0.4 is 0 Å². The topological polar surface area (TPSA) is 91.7 Å². The molecule has 0 aromatic carbocycles. The lowest BCUT2D eigenvalue weighted by molar-refractivity contribution is -0.167. The summed E-state index contributed by atoms with van der Waals surface area (Å²) < 4.78 is 0. The lowest BCUT2D eigenvalue weighted by Crippen LogP contribution is -2.42. The minimum atomic E-state index is -1.73. The molecule has 1 fully saturated rings. The number of carbonyl (C=O) groups excluding carboxylic acids is 1. The van der Waals surface area contributed by atoms with Gasteiger partial charge in [0.15, 0.2) is 5.41 Å². The number of hydrogen-bond donors (Lipinski definition) is 2. The number of carboxylic acids is 2. The minimum Gasteiger partial charge on any atom is -0.480 e. The molecular weight excluding hydrogens is 176 g/mol. The summed E-state index contributed by atoms with van der Waals surface area (Å²) in [7, 11) is 0. The molecule has 0 radical (unpaired) electrons. The fourth-order valence-corrected chi connectivity index (χ4v) is 1.47. The first kappa shape index (κ1) is 9.70. The summed E-state index contributed by atoms with van der Waals surface area (Å²) in [5, 5.41) is 17.5. The van der Waals surface area contributed by atoms with E-state index in [0.29, 0.717) is 0 Å². The van der Waals surface area contributed by atoms with E-state index in [1.807, 2.05) is 0 Å². The first-order valence-electron chi connectivity index (χ1n) is 3.97. The fraction of sp³-hybridized carbons (Fsp3) is 0.625. The van der Waals surface area contributed by atoms with E-state index in [-0.39, 0.29) is 31.5 Å². The molecule has 72 valence electrons. The monoisotopic (exact) mass is 186 g/mol. The highest BCUT2D eigenvalue weighted by molar-refractivity contribution is 6.00. The number of rotatable bonds is 2. The average molecular weight is 186 g/mol. The van der Waals surface area contributed by atoms with Gasteiger partial charge in [0, 0.05) is 12.8 Å². The van der Waals surface area contributed by atoms with Gasteiger partial charge in [0.05, 0.1) is 0 Å². The van der Waals surface area contributed by atoms with E-state index >= 15 is 0 Å². The van der Waals surface area contributed by atoms with E-state index in [2.05, 4.69) is 0 Å². The summed E-state index contributed by atoms with van der Waals surface area (Å²) in [4.78, 5) is 32.3. The van der Waals surface area contributed by atoms with E-state index in [0.717, 1.165) is 0 Å². The van der Waals surface area contributed by atoms with E-state index in [1.54, 1.807) is 0 Å². The van der Waals surface area contributed by atoms with E-state index in [9.17, 15) is 14.4 Å². The average Bonchev–Trinajstić information content (AvgIpc) is 2.04. The van der Waals surface area contributed by atoms with Crippen molar-refractivity contribution in [1.29, 1.82) is 0 Å². The van der Waals surface area contributed by atoms with Crippen molar-refractivity contribution >= 4 is 17.7 Å². The Morgan fingerprint density at radius 3 is 1.77 bits per heavy atom. The van der Waals surface area contributed by atoms with Crippen molar-refractivity contribution in [3.8, 4) is 0 Å². The zero-order valence-corrected chi connectivity index (χ0v) is 6.95. The van der Waals surface area contributed by atoms with Crippen LogP contribution in [-0.4, -0.2) is 27.9 Å². The maximum atomic E-state index is 10.8. The molecule has 5 heteroatoms. The maximum Gasteiger partial charge on any atom is 0.321 e. The molecule has 1 aliphatic rings. The van der Waals surface area contributed by atoms with Crippen LogP contribution in [0.1, 0.15) is 25.7 Å². The molecule has 0 atom stereocenters. The zero-order chi connectivity index (χ0) is 10.1. The second-order valence-electron chi connectivity index (χ2n) is 3.23. The smallest absolute Gasteiger partial charge is 0.321 e. The molecule has 0 heterocycles. The van der Waals surface area contributed by atoms with Gasteiger partial charge in [0.1, 0.15) is 5.78 Å². The molecule has 0 bridgehead atoms. The molecule has 0 aromatic heterocycles. The third-order valence-corrected chi connectivity index (χ3v) is 2.48. The molecule has 0 spiro atoms. The highest BCUT2D eigenvalue weighted by Gasteiger charge is 2.48. The molecule has 0 aliphatic heterocycles. The summed E-state index contributed by atoms with van der Waals surface area (Å²) in [6.45, 7) is 0. The van der Waals surface area contributed by atoms with E-state index in [1.165, 1.54) is 0 Å². The van der Waals surface area contributed by atoms with Crippen LogP contribution in [0.25, 0.3) is 0 Å². The van der Waals surface area contributed by atoms with Gasteiger partial charge in [-0.25, -0.2) is 0 Å². The number of aliphatic carboxylic acids is 2. The van der Waals surface area contributed by atoms with Crippen molar-refractivity contribution in [3.63, 3.8) is 0 Å². The summed E-state index contributed by atoms with van der Waals surface area (Å²) in [5.74, 6) is -2.74. The van der Waals surface area contributed by atoms with Gasteiger partial charge in [-0.1, -0.05) is 0 Å². The second-order valence-corrected chi connectivity index (χ2v) is 3.23. The number of carboxylic acid groups (broad SMARTS) is 2. The molecule has 2 N–H and O–H groups in total. The number of hydrogen-bond acceptors (Lipinski definition) is 3. The Morgan fingerprint density at radius 2 is 1.46 bits per heavy atom. The van der Waals surface area contributed by atoms with Gasteiger partial charge >= 0.3 is 11.9 Å². The molecule has 1 aliphatic carbocycles. The standard InChI is InChI=1S/C8H10O5/c9-5-1-3-8(4-2-5,6(10)11)7(12)13/h1-4H2,(H,10,11)(H,12,13). The Morgan fingerprint density at radius 1 is 1.08 bits per heavy atom. The summed E-state index contributed by atoms with van der Waals surface area (Å²) in [6.07, 6.45) is -0.0653.